The number of methoxy groups -OCH3 is 2. The molecule has 1 N–H and O–H groups in total. The third-order valence-corrected chi connectivity index (χ3v) is 4.44. The molecule has 0 radical (unpaired) electrons. The van der Waals surface area contributed by atoms with Crippen molar-refractivity contribution in [2.45, 2.75) is 25.7 Å². The molecule has 0 saturated heterocycles. The van der Waals surface area contributed by atoms with Crippen LogP contribution in [0.1, 0.15) is 24.1 Å². The van der Waals surface area contributed by atoms with Crippen molar-refractivity contribution in [2.75, 3.05) is 14.2 Å². The van der Waals surface area contributed by atoms with Crippen molar-refractivity contribution >= 4 is 11.0 Å². The molecule has 2 heterocycles. The Kier molecular flexibility index (Phi) is 3.41. The van der Waals surface area contributed by atoms with E-state index in [0.29, 0.717) is 5.82 Å². The van der Waals surface area contributed by atoms with Gasteiger partial charge < -0.3 is 14.5 Å². The lowest BCUT2D eigenvalue weighted by Crippen LogP contribution is -2.00. The Labute approximate surface area is 134 Å². The van der Waals surface area contributed by atoms with Crippen LogP contribution in [0.3, 0.4) is 0 Å². The van der Waals surface area contributed by atoms with Crippen molar-refractivity contribution in [3.8, 4) is 22.9 Å². The summed E-state index contributed by atoms with van der Waals surface area (Å²) in [7, 11) is 3.29. The molecule has 0 fully saturated rings. The lowest BCUT2D eigenvalue weighted by Gasteiger charge is -2.10. The first kappa shape index (κ1) is 14.1. The fraction of sp³-hybridized carbons (Fsp3) is 0.333. The zero-order valence-corrected chi connectivity index (χ0v) is 13.3. The van der Waals surface area contributed by atoms with Crippen LogP contribution < -0.4 is 9.47 Å². The fourth-order valence-electron chi connectivity index (χ4n) is 3.25. The van der Waals surface area contributed by atoms with Gasteiger partial charge in [-0.3, -0.25) is 0 Å². The smallest absolute Gasteiger partial charge is 0.160 e. The van der Waals surface area contributed by atoms with Gasteiger partial charge in [0.2, 0.25) is 0 Å². The summed E-state index contributed by atoms with van der Waals surface area (Å²) in [5.41, 5.74) is 5.64. The van der Waals surface area contributed by atoms with E-state index < -0.39 is 0 Å². The summed E-state index contributed by atoms with van der Waals surface area (Å²) >= 11 is 0. The Morgan fingerprint density at radius 1 is 1.00 bits per heavy atom. The summed E-state index contributed by atoms with van der Waals surface area (Å²) in [6.07, 6.45) is 6.54. The van der Waals surface area contributed by atoms with Crippen LogP contribution in [0.25, 0.3) is 22.4 Å². The molecule has 0 saturated carbocycles. The SMILES string of the molecule is COc1cc(OC)cc(-c2ncc3[nH]c4c(c3n2)CCCC4)c1. The number of rotatable bonds is 3. The highest BCUT2D eigenvalue weighted by Gasteiger charge is 2.17. The number of hydrogen-bond acceptors (Lipinski definition) is 4. The molecule has 5 heteroatoms. The highest BCUT2D eigenvalue weighted by molar-refractivity contribution is 5.82. The van der Waals surface area contributed by atoms with Gasteiger partial charge in [-0.15, -0.1) is 0 Å². The minimum Gasteiger partial charge on any atom is -0.497 e. The van der Waals surface area contributed by atoms with E-state index in [2.05, 4.69) is 9.97 Å². The quantitative estimate of drug-likeness (QED) is 0.804. The Hall–Kier alpha value is -2.56. The summed E-state index contributed by atoms with van der Waals surface area (Å²) in [6.45, 7) is 0. The first-order valence-electron chi connectivity index (χ1n) is 7.88. The molecule has 4 rings (SSSR count). The molecule has 3 aromatic rings. The van der Waals surface area contributed by atoms with Crippen molar-refractivity contribution in [2.24, 2.45) is 0 Å². The van der Waals surface area contributed by atoms with E-state index in [1.165, 1.54) is 24.1 Å². The number of benzene rings is 1. The lowest BCUT2D eigenvalue weighted by atomic mass is 9.97. The molecular formula is C18H19N3O2. The number of nitrogens with zero attached hydrogens (tertiary/aromatic N) is 2. The number of hydrogen-bond donors (Lipinski definition) is 1. The molecule has 1 aromatic carbocycles. The molecule has 0 unspecified atom stereocenters. The van der Waals surface area contributed by atoms with Gasteiger partial charge in [-0.2, -0.15) is 0 Å². The number of aryl methyl sites for hydroxylation is 2. The number of fused-ring (bicyclic) bond motifs is 3. The van der Waals surface area contributed by atoms with Crippen molar-refractivity contribution in [1.82, 2.24) is 15.0 Å². The monoisotopic (exact) mass is 309 g/mol. The second-order valence-electron chi connectivity index (χ2n) is 5.85. The van der Waals surface area contributed by atoms with Crippen molar-refractivity contribution in [1.29, 1.82) is 0 Å². The maximum atomic E-state index is 5.34. The third kappa shape index (κ3) is 2.42. The number of H-pyrrole nitrogens is 1. The van der Waals surface area contributed by atoms with Crippen molar-refractivity contribution in [3.63, 3.8) is 0 Å². The molecule has 5 nitrogen and oxygen atoms in total. The van der Waals surface area contributed by atoms with E-state index in [0.717, 1.165) is 40.9 Å². The maximum Gasteiger partial charge on any atom is 0.160 e. The first-order valence-corrected chi connectivity index (χ1v) is 7.88. The largest absolute Gasteiger partial charge is 0.497 e. The highest BCUT2D eigenvalue weighted by Crippen LogP contribution is 2.31. The van der Waals surface area contributed by atoms with Gasteiger partial charge in [-0.25, -0.2) is 9.97 Å². The average molecular weight is 309 g/mol. The molecule has 118 valence electrons. The Morgan fingerprint density at radius 3 is 2.48 bits per heavy atom. The van der Waals surface area contributed by atoms with E-state index in [1.807, 2.05) is 24.4 Å². The topological polar surface area (TPSA) is 60.0 Å². The zero-order chi connectivity index (χ0) is 15.8. The minimum atomic E-state index is 0.696. The number of ether oxygens (including phenoxy) is 2. The van der Waals surface area contributed by atoms with E-state index in [-0.39, 0.29) is 0 Å². The zero-order valence-electron chi connectivity index (χ0n) is 13.3. The first-order chi connectivity index (χ1) is 11.3. The molecular weight excluding hydrogens is 290 g/mol. The molecule has 1 aliphatic carbocycles. The molecule has 2 aromatic heterocycles. The van der Waals surface area contributed by atoms with Crippen LogP contribution in [-0.4, -0.2) is 29.2 Å². The Morgan fingerprint density at radius 2 is 1.74 bits per heavy atom. The van der Waals surface area contributed by atoms with Gasteiger partial charge in [-0.05, 0) is 43.4 Å². The number of aromatic amines is 1. The molecule has 0 spiro atoms. The van der Waals surface area contributed by atoms with Gasteiger partial charge in [0.25, 0.3) is 0 Å². The van der Waals surface area contributed by atoms with Crippen LogP contribution in [0.5, 0.6) is 11.5 Å². The standard InChI is InChI=1S/C18H19N3O2/c1-22-12-7-11(8-13(9-12)23-2)18-19-10-16-17(21-18)14-5-3-4-6-15(14)20-16/h7-10,20H,3-6H2,1-2H3. The van der Waals surface area contributed by atoms with Crippen LogP contribution in [-0.2, 0) is 12.8 Å². The third-order valence-electron chi connectivity index (χ3n) is 4.44. The molecule has 0 aliphatic heterocycles. The highest BCUT2D eigenvalue weighted by atomic mass is 16.5. The second-order valence-corrected chi connectivity index (χ2v) is 5.85. The summed E-state index contributed by atoms with van der Waals surface area (Å²) in [4.78, 5) is 12.8. The van der Waals surface area contributed by atoms with Gasteiger partial charge in [-0.1, -0.05) is 0 Å². The molecule has 0 atom stereocenters. The van der Waals surface area contributed by atoms with Gasteiger partial charge in [0.15, 0.2) is 5.82 Å². The van der Waals surface area contributed by atoms with Crippen LogP contribution in [0.4, 0.5) is 0 Å². The normalized spacial score (nSPS) is 13.8. The Balaban J connectivity index is 1.86. The van der Waals surface area contributed by atoms with Gasteiger partial charge in [0.05, 0.1) is 31.4 Å². The number of aromatic nitrogens is 3. The van der Waals surface area contributed by atoms with Crippen LogP contribution in [0, 0.1) is 0 Å². The van der Waals surface area contributed by atoms with E-state index in [1.54, 1.807) is 14.2 Å². The summed E-state index contributed by atoms with van der Waals surface area (Å²) in [6, 6.07) is 5.71. The van der Waals surface area contributed by atoms with Crippen LogP contribution in [0.15, 0.2) is 24.4 Å². The average Bonchev–Trinajstić information content (AvgIpc) is 2.99. The minimum absolute atomic E-state index is 0.696. The predicted molar refractivity (Wildman–Crippen MR) is 89.1 cm³/mol. The summed E-state index contributed by atoms with van der Waals surface area (Å²) in [5.74, 6) is 2.17. The van der Waals surface area contributed by atoms with Crippen LogP contribution in [0.2, 0.25) is 0 Å². The summed E-state index contributed by atoms with van der Waals surface area (Å²) in [5, 5.41) is 0. The maximum absolute atomic E-state index is 5.34. The molecule has 23 heavy (non-hydrogen) atoms. The van der Waals surface area contributed by atoms with Gasteiger partial charge in [0, 0.05) is 17.3 Å². The fourth-order valence-corrected chi connectivity index (χ4v) is 3.25. The number of nitrogens with one attached hydrogen (secondary N) is 1. The van der Waals surface area contributed by atoms with E-state index >= 15 is 0 Å². The van der Waals surface area contributed by atoms with Crippen LogP contribution >= 0.6 is 0 Å². The molecule has 0 bridgehead atoms. The van der Waals surface area contributed by atoms with Gasteiger partial charge >= 0.3 is 0 Å². The molecule has 0 amide bonds. The second kappa shape index (κ2) is 5.57. The Bertz CT molecular complexity index is 848. The van der Waals surface area contributed by atoms with E-state index in [9.17, 15) is 0 Å². The van der Waals surface area contributed by atoms with Gasteiger partial charge in [0.1, 0.15) is 11.5 Å². The van der Waals surface area contributed by atoms with Crippen molar-refractivity contribution in [3.05, 3.63) is 35.7 Å². The van der Waals surface area contributed by atoms with E-state index in [4.69, 9.17) is 14.5 Å². The molecule has 1 aliphatic rings. The lowest BCUT2D eigenvalue weighted by molar-refractivity contribution is 0.394. The summed E-state index contributed by atoms with van der Waals surface area (Å²) < 4.78 is 10.7. The van der Waals surface area contributed by atoms with Crippen molar-refractivity contribution < 1.29 is 9.47 Å². The predicted octanol–water partition coefficient (Wildman–Crippen LogP) is 3.52.